The predicted octanol–water partition coefficient (Wildman–Crippen LogP) is 0.885. The number of H-pyrrole nitrogens is 1. The highest BCUT2D eigenvalue weighted by Gasteiger charge is 2.26. The molecule has 0 unspecified atom stereocenters. The number of nitrogens with zero attached hydrogens (tertiary/aromatic N) is 2. The number of carbonyl (C=O) groups excluding carboxylic acids is 1. The lowest BCUT2D eigenvalue weighted by molar-refractivity contribution is -0.124. The molecule has 1 amide bonds. The van der Waals surface area contributed by atoms with E-state index in [-0.39, 0.29) is 17.4 Å². The molecule has 0 aliphatic carbocycles. The van der Waals surface area contributed by atoms with Crippen LogP contribution in [-0.2, 0) is 4.79 Å². The first-order valence-corrected chi connectivity index (χ1v) is 7.14. The third kappa shape index (κ3) is 2.61. The van der Waals surface area contributed by atoms with Gasteiger partial charge in [-0.2, -0.15) is 0 Å². The van der Waals surface area contributed by atoms with E-state index in [0.717, 1.165) is 19.4 Å². The van der Waals surface area contributed by atoms with E-state index in [1.54, 1.807) is 13.1 Å². The van der Waals surface area contributed by atoms with Crippen LogP contribution in [0.25, 0.3) is 10.9 Å². The molecule has 3 rings (SSSR count). The second-order valence-corrected chi connectivity index (χ2v) is 5.31. The molecule has 1 fully saturated rings. The zero-order valence-electron chi connectivity index (χ0n) is 11.9. The molecule has 0 radical (unpaired) electrons. The molecule has 0 bridgehead atoms. The standard InChI is InChI=1S/C15H18N4O2/c1-16-13(20)10-5-4-8-19(9-10)15-17-12-7-3-2-6-11(12)14(21)18-15/h2-3,6-7,10H,4-5,8-9H2,1H3,(H,16,20)(H,17,18,21)/t10-/m1/s1. The summed E-state index contributed by atoms with van der Waals surface area (Å²) in [5.74, 6) is 0.538. The van der Waals surface area contributed by atoms with E-state index < -0.39 is 0 Å². The highest BCUT2D eigenvalue weighted by Crippen LogP contribution is 2.21. The normalized spacial score (nSPS) is 18.7. The van der Waals surface area contributed by atoms with Crippen LogP contribution in [-0.4, -0.2) is 36.0 Å². The highest BCUT2D eigenvalue weighted by molar-refractivity contribution is 5.80. The molecule has 1 aliphatic heterocycles. The molecule has 21 heavy (non-hydrogen) atoms. The molecule has 110 valence electrons. The van der Waals surface area contributed by atoms with E-state index in [1.807, 2.05) is 23.1 Å². The van der Waals surface area contributed by atoms with Crippen LogP contribution in [0.5, 0.6) is 0 Å². The predicted molar refractivity (Wildman–Crippen MR) is 81.4 cm³/mol. The summed E-state index contributed by atoms with van der Waals surface area (Å²) in [4.78, 5) is 33.2. The van der Waals surface area contributed by atoms with Gasteiger partial charge in [0.1, 0.15) is 0 Å². The monoisotopic (exact) mass is 286 g/mol. The van der Waals surface area contributed by atoms with Crippen LogP contribution in [0.4, 0.5) is 5.95 Å². The Kier molecular flexibility index (Phi) is 3.60. The number of rotatable bonds is 2. The van der Waals surface area contributed by atoms with E-state index in [1.165, 1.54) is 0 Å². The van der Waals surface area contributed by atoms with Gasteiger partial charge in [0, 0.05) is 20.1 Å². The zero-order chi connectivity index (χ0) is 14.8. The van der Waals surface area contributed by atoms with Crippen LogP contribution >= 0.6 is 0 Å². The summed E-state index contributed by atoms with van der Waals surface area (Å²) in [5, 5.41) is 3.27. The first-order valence-electron chi connectivity index (χ1n) is 7.14. The van der Waals surface area contributed by atoms with E-state index in [9.17, 15) is 9.59 Å². The van der Waals surface area contributed by atoms with Crippen LogP contribution in [0.3, 0.4) is 0 Å². The molecule has 1 aromatic heterocycles. The third-order valence-electron chi connectivity index (χ3n) is 3.94. The van der Waals surface area contributed by atoms with Gasteiger partial charge in [0.05, 0.1) is 16.8 Å². The third-order valence-corrected chi connectivity index (χ3v) is 3.94. The number of aromatic nitrogens is 2. The average molecular weight is 286 g/mol. The van der Waals surface area contributed by atoms with Crippen molar-refractivity contribution in [3.05, 3.63) is 34.6 Å². The summed E-state index contributed by atoms with van der Waals surface area (Å²) in [6, 6.07) is 7.27. The second-order valence-electron chi connectivity index (χ2n) is 5.31. The van der Waals surface area contributed by atoms with Crippen LogP contribution in [0.15, 0.2) is 29.1 Å². The van der Waals surface area contributed by atoms with Crippen molar-refractivity contribution in [2.45, 2.75) is 12.8 Å². The lowest BCUT2D eigenvalue weighted by Gasteiger charge is -2.32. The molecule has 1 aromatic carbocycles. The number of aromatic amines is 1. The van der Waals surface area contributed by atoms with E-state index in [4.69, 9.17) is 0 Å². The smallest absolute Gasteiger partial charge is 0.260 e. The van der Waals surface area contributed by atoms with Crippen molar-refractivity contribution in [3.63, 3.8) is 0 Å². The summed E-state index contributed by atoms with van der Waals surface area (Å²) in [7, 11) is 1.65. The van der Waals surface area contributed by atoms with Crippen LogP contribution in [0.1, 0.15) is 12.8 Å². The number of hydrogen-bond acceptors (Lipinski definition) is 4. The minimum absolute atomic E-state index is 0.0443. The number of anilines is 1. The molecule has 1 aliphatic rings. The summed E-state index contributed by atoms with van der Waals surface area (Å²) >= 11 is 0. The summed E-state index contributed by atoms with van der Waals surface area (Å²) in [6.07, 6.45) is 1.78. The van der Waals surface area contributed by atoms with Crippen LogP contribution < -0.4 is 15.8 Å². The molecule has 6 heteroatoms. The summed E-state index contributed by atoms with van der Waals surface area (Å²) in [6.45, 7) is 1.38. The fourth-order valence-corrected chi connectivity index (χ4v) is 2.81. The van der Waals surface area contributed by atoms with Gasteiger partial charge >= 0.3 is 0 Å². The minimum atomic E-state index is -0.141. The van der Waals surface area contributed by atoms with Crippen molar-refractivity contribution in [1.82, 2.24) is 15.3 Å². The van der Waals surface area contributed by atoms with E-state index >= 15 is 0 Å². The topological polar surface area (TPSA) is 78.1 Å². The second kappa shape index (κ2) is 5.55. The SMILES string of the molecule is CNC(=O)[C@@H]1CCCN(c2nc3ccccc3c(=O)[nH]2)C1. The fraction of sp³-hybridized carbons (Fsp3) is 0.400. The Morgan fingerprint density at radius 1 is 1.43 bits per heavy atom. The van der Waals surface area contributed by atoms with Gasteiger partial charge in [0.2, 0.25) is 11.9 Å². The lowest BCUT2D eigenvalue weighted by Crippen LogP contribution is -2.43. The molecule has 0 saturated carbocycles. The largest absolute Gasteiger partial charge is 0.359 e. The quantitative estimate of drug-likeness (QED) is 0.859. The molecule has 1 atom stereocenters. The first-order chi connectivity index (χ1) is 10.2. The van der Waals surface area contributed by atoms with Gasteiger partial charge in [-0.25, -0.2) is 4.98 Å². The van der Waals surface area contributed by atoms with Crippen molar-refractivity contribution in [1.29, 1.82) is 0 Å². The lowest BCUT2D eigenvalue weighted by atomic mass is 9.97. The average Bonchev–Trinajstić information content (AvgIpc) is 2.54. The first kappa shape index (κ1) is 13.6. The van der Waals surface area contributed by atoms with Gasteiger partial charge in [-0.3, -0.25) is 14.6 Å². The Balaban J connectivity index is 1.93. The Bertz CT molecular complexity index is 725. The van der Waals surface area contributed by atoms with Crippen LogP contribution in [0.2, 0.25) is 0 Å². The maximum Gasteiger partial charge on any atom is 0.260 e. The van der Waals surface area contributed by atoms with Crippen LogP contribution in [0, 0.1) is 5.92 Å². The summed E-state index contributed by atoms with van der Waals surface area (Å²) < 4.78 is 0. The van der Waals surface area contributed by atoms with Crippen molar-refractivity contribution in [2.24, 2.45) is 5.92 Å². The number of hydrogen-bond donors (Lipinski definition) is 2. The number of nitrogens with one attached hydrogen (secondary N) is 2. The molecule has 2 aromatic rings. The number of amides is 1. The van der Waals surface area contributed by atoms with Crippen molar-refractivity contribution in [2.75, 3.05) is 25.0 Å². The summed E-state index contributed by atoms with van der Waals surface area (Å²) in [5.41, 5.74) is 0.538. The molecule has 0 spiro atoms. The Morgan fingerprint density at radius 2 is 2.24 bits per heavy atom. The Labute approximate surface area is 122 Å². The maximum absolute atomic E-state index is 12.1. The van der Waals surface area contributed by atoms with Gasteiger partial charge in [-0.1, -0.05) is 12.1 Å². The Hall–Kier alpha value is -2.37. The number of carbonyl (C=O) groups is 1. The van der Waals surface area contributed by atoms with E-state index in [0.29, 0.717) is 23.4 Å². The van der Waals surface area contributed by atoms with Gasteiger partial charge < -0.3 is 10.2 Å². The van der Waals surface area contributed by atoms with Gasteiger partial charge in [-0.05, 0) is 25.0 Å². The van der Waals surface area contributed by atoms with Crippen molar-refractivity contribution in [3.8, 4) is 0 Å². The zero-order valence-corrected chi connectivity index (χ0v) is 11.9. The van der Waals surface area contributed by atoms with Crippen molar-refractivity contribution < 1.29 is 4.79 Å². The number of piperidine rings is 1. The molecule has 1 saturated heterocycles. The maximum atomic E-state index is 12.1. The molecular formula is C15H18N4O2. The van der Waals surface area contributed by atoms with Gasteiger partial charge in [-0.15, -0.1) is 0 Å². The minimum Gasteiger partial charge on any atom is -0.359 e. The van der Waals surface area contributed by atoms with Crippen molar-refractivity contribution >= 4 is 22.8 Å². The number of para-hydroxylation sites is 1. The highest BCUT2D eigenvalue weighted by atomic mass is 16.1. The fourth-order valence-electron chi connectivity index (χ4n) is 2.81. The molecule has 2 heterocycles. The van der Waals surface area contributed by atoms with Gasteiger partial charge in [0.15, 0.2) is 0 Å². The number of fused-ring (bicyclic) bond motifs is 1. The number of benzene rings is 1. The molecule has 6 nitrogen and oxygen atoms in total. The van der Waals surface area contributed by atoms with E-state index in [2.05, 4.69) is 15.3 Å². The Morgan fingerprint density at radius 3 is 3.05 bits per heavy atom. The molecule has 2 N–H and O–H groups in total. The molecular weight excluding hydrogens is 268 g/mol. The van der Waals surface area contributed by atoms with Gasteiger partial charge in [0.25, 0.3) is 5.56 Å².